The third kappa shape index (κ3) is 5.34. The first kappa shape index (κ1) is 22.3. The van der Waals surface area contributed by atoms with Crippen LogP contribution in [0.15, 0.2) is 72.8 Å². The molecule has 2 aliphatic rings. The van der Waals surface area contributed by atoms with E-state index in [9.17, 15) is 9.90 Å². The van der Waals surface area contributed by atoms with Gasteiger partial charge in [0.1, 0.15) is 0 Å². The Hall–Kier alpha value is -3.51. The van der Waals surface area contributed by atoms with Crippen molar-refractivity contribution >= 4 is 34.3 Å². The average molecular weight is 457 g/mol. The summed E-state index contributed by atoms with van der Waals surface area (Å²) >= 11 is 0. The number of benzene rings is 3. The van der Waals surface area contributed by atoms with Crippen molar-refractivity contribution in [1.29, 1.82) is 0 Å². The molecule has 5 rings (SSSR count). The minimum Gasteiger partial charge on any atom is -0.393 e. The Labute approximate surface area is 201 Å². The molecule has 34 heavy (non-hydrogen) atoms. The zero-order chi connectivity index (χ0) is 23.3. The molecule has 2 heterocycles. The first-order chi connectivity index (χ1) is 16.6. The third-order valence-corrected chi connectivity index (χ3v) is 6.73. The van der Waals surface area contributed by atoms with Gasteiger partial charge in [0.25, 0.3) is 5.91 Å². The Bertz CT molecular complexity index is 1080. The summed E-state index contributed by atoms with van der Waals surface area (Å²) in [4.78, 5) is 17.4. The van der Waals surface area contributed by atoms with Crippen LogP contribution in [0, 0.1) is 0 Å². The van der Waals surface area contributed by atoms with E-state index < -0.39 is 0 Å². The lowest BCUT2D eigenvalue weighted by molar-refractivity contribution is 0.102. The summed E-state index contributed by atoms with van der Waals surface area (Å²) in [7, 11) is 0. The molecule has 3 N–H and O–H groups in total. The van der Waals surface area contributed by atoms with E-state index in [2.05, 4.69) is 44.7 Å². The largest absolute Gasteiger partial charge is 0.393 e. The molecule has 0 radical (unpaired) electrons. The number of amides is 1. The average Bonchev–Trinajstić information content (AvgIpc) is 3.41. The molecule has 0 unspecified atom stereocenters. The molecule has 1 amide bonds. The molecule has 2 saturated heterocycles. The van der Waals surface area contributed by atoms with Crippen LogP contribution in [-0.4, -0.2) is 43.3 Å². The maximum absolute atomic E-state index is 12.7. The third-order valence-electron chi connectivity index (χ3n) is 6.73. The van der Waals surface area contributed by atoms with Crippen molar-refractivity contribution in [3.8, 4) is 0 Å². The Morgan fingerprint density at radius 3 is 1.74 bits per heavy atom. The Morgan fingerprint density at radius 1 is 0.676 bits per heavy atom. The van der Waals surface area contributed by atoms with E-state index in [1.54, 1.807) is 0 Å². The van der Waals surface area contributed by atoms with Crippen LogP contribution in [0.25, 0.3) is 0 Å². The molecule has 176 valence electrons. The van der Waals surface area contributed by atoms with Crippen LogP contribution in [0.1, 0.15) is 36.0 Å². The van der Waals surface area contributed by atoms with Gasteiger partial charge in [0, 0.05) is 60.2 Å². The number of piperidine rings is 1. The summed E-state index contributed by atoms with van der Waals surface area (Å²) in [6.07, 6.45) is 3.94. The number of nitrogens with one attached hydrogen (secondary N) is 2. The second-order valence-electron chi connectivity index (χ2n) is 9.16. The molecule has 2 fully saturated rings. The molecule has 3 aromatic carbocycles. The van der Waals surface area contributed by atoms with Gasteiger partial charge >= 0.3 is 0 Å². The minimum atomic E-state index is -0.191. The van der Waals surface area contributed by atoms with E-state index in [0.29, 0.717) is 5.56 Å². The van der Waals surface area contributed by atoms with Gasteiger partial charge in [-0.2, -0.15) is 0 Å². The molecule has 6 heteroatoms. The zero-order valence-corrected chi connectivity index (χ0v) is 19.4. The molecule has 0 atom stereocenters. The number of hydrogen-bond acceptors (Lipinski definition) is 5. The minimum absolute atomic E-state index is 0.126. The van der Waals surface area contributed by atoms with Gasteiger partial charge in [-0.3, -0.25) is 4.79 Å². The Kier molecular flexibility index (Phi) is 6.67. The van der Waals surface area contributed by atoms with Gasteiger partial charge in [0.15, 0.2) is 0 Å². The number of nitrogens with zero attached hydrogens (tertiary/aromatic N) is 2. The van der Waals surface area contributed by atoms with Gasteiger partial charge in [-0.25, -0.2) is 0 Å². The van der Waals surface area contributed by atoms with E-state index in [1.807, 2.05) is 48.5 Å². The monoisotopic (exact) mass is 456 g/mol. The quantitative estimate of drug-likeness (QED) is 0.473. The molecular formula is C28H32N4O2. The molecule has 0 saturated carbocycles. The SMILES string of the molecule is O=C(Nc1ccc(Nc2ccc(N3CCCC3)cc2)cc1)c1ccc(N2CCC(O)CC2)cc1. The fraction of sp³-hybridized carbons (Fsp3) is 0.321. The van der Waals surface area contributed by atoms with E-state index in [4.69, 9.17) is 0 Å². The highest BCUT2D eigenvalue weighted by molar-refractivity contribution is 6.04. The lowest BCUT2D eigenvalue weighted by Crippen LogP contribution is -2.35. The van der Waals surface area contributed by atoms with Crippen molar-refractivity contribution < 1.29 is 9.90 Å². The predicted molar refractivity (Wildman–Crippen MR) is 139 cm³/mol. The lowest BCUT2D eigenvalue weighted by atomic mass is 10.1. The van der Waals surface area contributed by atoms with Crippen LogP contribution in [0.5, 0.6) is 0 Å². The molecule has 3 aromatic rings. The summed E-state index contributed by atoms with van der Waals surface area (Å²) in [6, 6.07) is 24.0. The number of hydrogen-bond donors (Lipinski definition) is 3. The lowest BCUT2D eigenvalue weighted by Gasteiger charge is -2.31. The maximum Gasteiger partial charge on any atom is 0.255 e. The fourth-order valence-electron chi connectivity index (χ4n) is 4.69. The van der Waals surface area contributed by atoms with Crippen molar-refractivity contribution in [2.24, 2.45) is 0 Å². The molecular weight excluding hydrogens is 424 g/mol. The normalized spacial score (nSPS) is 16.5. The van der Waals surface area contributed by atoms with Gasteiger partial charge in [0.2, 0.25) is 0 Å². The second kappa shape index (κ2) is 10.2. The van der Waals surface area contributed by atoms with Crippen LogP contribution in [0.2, 0.25) is 0 Å². The van der Waals surface area contributed by atoms with E-state index in [0.717, 1.165) is 61.8 Å². The molecule has 0 spiro atoms. The highest BCUT2D eigenvalue weighted by Gasteiger charge is 2.17. The molecule has 0 bridgehead atoms. The van der Waals surface area contributed by atoms with Crippen LogP contribution in [0.3, 0.4) is 0 Å². The highest BCUT2D eigenvalue weighted by atomic mass is 16.3. The van der Waals surface area contributed by atoms with Gasteiger partial charge in [0.05, 0.1) is 6.10 Å². The van der Waals surface area contributed by atoms with Crippen molar-refractivity contribution in [3.05, 3.63) is 78.4 Å². The van der Waals surface area contributed by atoms with Crippen molar-refractivity contribution in [2.45, 2.75) is 31.8 Å². The summed E-state index contributed by atoms with van der Waals surface area (Å²) in [5.41, 5.74) is 5.78. The summed E-state index contributed by atoms with van der Waals surface area (Å²) in [5.74, 6) is -0.126. The summed E-state index contributed by atoms with van der Waals surface area (Å²) < 4.78 is 0. The number of rotatable bonds is 6. The zero-order valence-electron chi connectivity index (χ0n) is 19.4. The predicted octanol–water partition coefficient (Wildman–Crippen LogP) is 5.24. The first-order valence-corrected chi connectivity index (χ1v) is 12.2. The Morgan fingerprint density at radius 2 is 1.15 bits per heavy atom. The number of aliphatic hydroxyl groups excluding tert-OH is 1. The van der Waals surface area contributed by atoms with Gasteiger partial charge in [-0.05, 0) is 98.5 Å². The van der Waals surface area contributed by atoms with Crippen molar-refractivity contribution in [3.63, 3.8) is 0 Å². The molecule has 2 aliphatic heterocycles. The summed E-state index contributed by atoms with van der Waals surface area (Å²) in [5, 5.41) is 16.1. The van der Waals surface area contributed by atoms with Crippen LogP contribution in [-0.2, 0) is 0 Å². The molecule has 6 nitrogen and oxygen atoms in total. The highest BCUT2D eigenvalue weighted by Crippen LogP contribution is 2.25. The van der Waals surface area contributed by atoms with Crippen molar-refractivity contribution in [1.82, 2.24) is 0 Å². The van der Waals surface area contributed by atoms with E-state index in [1.165, 1.54) is 18.5 Å². The Balaban J connectivity index is 1.15. The van der Waals surface area contributed by atoms with Crippen LogP contribution in [0.4, 0.5) is 28.4 Å². The van der Waals surface area contributed by atoms with Gasteiger partial charge < -0.3 is 25.5 Å². The molecule has 0 aromatic heterocycles. The summed E-state index contributed by atoms with van der Waals surface area (Å²) in [6.45, 7) is 3.98. The number of carbonyl (C=O) groups is 1. The van der Waals surface area contributed by atoms with E-state index in [-0.39, 0.29) is 12.0 Å². The first-order valence-electron chi connectivity index (χ1n) is 12.2. The molecule has 0 aliphatic carbocycles. The topological polar surface area (TPSA) is 67.8 Å². The number of aliphatic hydroxyl groups is 1. The van der Waals surface area contributed by atoms with Gasteiger partial charge in [-0.15, -0.1) is 0 Å². The maximum atomic E-state index is 12.7. The second-order valence-corrected chi connectivity index (χ2v) is 9.16. The van der Waals surface area contributed by atoms with Crippen molar-refractivity contribution in [2.75, 3.05) is 46.6 Å². The van der Waals surface area contributed by atoms with Crippen LogP contribution >= 0.6 is 0 Å². The van der Waals surface area contributed by atoms with E-state index >= 15 is 0 Å². The standard InChI is InChI=1S/C28H32N4O2/c33-27-15-19-32(20-16-27)25-11-3-21(4-12-25)28(34)30-24-7-5-22(6-8-24)29-23-9-13-26(14-10-23)31-17-1-2-18-31/h3-14,27,29,33H,1-2,15-20H2,(H,30,34). The van der Waals surface area contributed by atoms with Gasteiger partial charge in [-0.1, -0.05) is 0 Å². The fourth-order valence-corrected chi connectivity index (χ4v) is 4.69. The smallest absolute Gasteiger partial charge is 0.255 e. The number of anilines is 5. The number of carbonyl (C=O) groups excluding carboxylic acids is 1. The van der Waals surface area contributed by atoms with Crippen LogP contribution < -0.4 is 20.4 Å².